The van der Waals surface area contributed by atoms with E-state index in [1.54, 1.807) is 22.8 Å². The molecule has 0 saturated carbocycles. The number of hydrogen-bond donors (Lipinski definition) is 0. The molecular formula is C18H12BrClN2O. The summed E-state index contributed by atoms with van der Waals surface area (Å²) in [5.74, 6) is 0.754. The van der Waals surface area contributed by atoms with E-state index in [4.69, 9.17) is 11.6 Å². The van der Waals surface area contributed by atoms with Crippen molar-refractivity contribution >= 4 is 50.1 Å². The first-order valence-electron chi connectivity index (χ1n) is 7.28. The molecule has 2 heterocycles. The fraction of sp³-hybridized carbons (Fsp3) is 0.111. The normalized spacial score (nSPS) is 15.3. The van der Waals surface area contributed by atoms with E-state index in [-0.39, 0.29) is 5.56 Å². The maximum atomic E-state index is 12.7. The van der Waals surface area contributed by atoms with Crippen LogP contribution in [0, 0.1) is 0 Å². The van der Waals surface area contributed by atoms with Gasteiger partial charge in [-0.3, -0.25) is 9.36 Å². The number of rotatable bonds is 1. The summed E-state index contributed by atoms with van der Waals surface area (Å²) < 4.78 is 2.77. The Morgan fingerprint density at radius 3 is 2.91 bits per heavy atom. The van der Waals surface area contributed by atoms with Crippen molar-refractivity contribution in [1.29, 1.82) is 0 Å². The average Bonchev–Trinajstić information content (AvgIpc) is 2.92. The summed E-state index contributed by atoms with van der Waals surface area (Å²) in [5.41, 5.74) is 2.84. The lowest BCUT2D eigenvalue weighted by Gasteiger charge is -2.06. The lowest BCUT2D eigenvalue weighted by Crippen LogP contribution is -2.20. The first-order chi connectivity index (χ1) is 11.1. The highest BCUT2D eigenvalue weighted by Crippen LogP contribution is 2.28. The zero-order valence-electron chi connectivity index (χ0n) is 12.1. The van der Waals surface area contributed by atoms with Gasteiger partial charge in [0.05, 0.1) is 10.9 Å². The molecule has 3 aromatic rings. The predicted octanol–water partition coefficient (Wildman–Crippen LogP) is 4.76. The van der Waals surface area contributed by atoms with Crippen LogP contribution in [-0.4, -0.2) is 9.55 Å². The van der Waals surface area contributed by atoms with Gasteiger partial charge in [0.15, 0.2) is 0 Å². The topological polar surface area (TPSA) is 34.9 Å². The monoisotopic (exact) mass is 386 g/mol. The minimum absolute atomic E-state index is 0.0230. The van der Waals surface area contributed by atoms with E-state index in [9.17, 15) is 4.79 Å². The molecule has 4 rings (SSSR count). The Bertz CT molecular complexity index is 1020. The number of aromatic nitrogens is 2. The Balaban J connectivity index is 1.90. The third kappa shape index (κ3) is 2.62. The molecule has 0 fully saturated rings. The number of halogens is 2. The second kappa shape index (κ2) is 5.62. The van der Waals surface area contributed by atoms with E-state index in [1.807, 2.05) is 18.2 Å². The third-order valence-electron chi connectivity index (χ3n) is 4.00. The first-order valence-corrected chi connectivity index (χ1v) is 8.45. The molecule has 0 radical (unpaired) electrons. The van der Waals surface area contributed by atoms with E-state index in [0.717, 1.165) is 27.9 Å². The number of benzene rings is 2. The Morgan fingerprint density at radius 2 is 2.09 bits per heavy atom. The molecule has 0 bridgehead atoms. The smallest absolute Gasteiger partial charge is 0.261 e. The first kappa shape index (κ1) is 14.7. The van der Waals surface area contributed by atoms with Gasteiger partial charge >= 0.3 is 0 Å². The number of fused-ring (bicyclic) bond motifs is 2. The highest BCUT2D eigenvalue weighted by molar-refractivity contribution is 9.10. The molecule has 0 saturated heterocycles. The molecule has 3 nitrogen and oxygen atoms in total. The lowest BCUT2D eigenvalue weighted by molar-refractivity contribution is 0.725. The standard InChI is InChI=1S/C18H12BrClN2O/c19-13-3-1-2-11(9-13)8-12-6-7-22-17(12)21-16-5-4-14(20)10-15(16)18(22)23/h1-5,8-10H,6-7H2/b12-8+. The van der Waals surface area contributed by atoms with Crippen molar-refractivity contribution in [3.05, 3.63) is 73.7 Å². The fourth-order valence-electron chi connectivity index (χ4n) is 2.92. The van der Waals surface area contributed by atoms with Gasteiger partial charge in [-0.05, 0) is 54.0 Å². The van der Waals surface area contributed by atoms with Crippen LogP contribution in [0.4, 0.5) is 0 Å². The Labute approximate surface area is 146 Å². The summed E-state index contributed by atoms with van der Waals surface area (Å²) in [6.07, 6.45) is 2.90. The van der Waals surface area contributed by atoms with Crippen LogP contribution in [0.15, 0.2) is 51.7 Å². The van der Waals surface area contributed by atoms with Crippen LogP contribution >= 0.6 is 27.5 Å². The van der Waals surface area contributed by atoms with Crippen molar-refractivity contribution in [2.75, 3.05) is 0 Å². The molecule has 2 aromatic carbocycles. The van der Waals surface area contributed by atoms with Crippen molar-refractivity contribution in [2.24, 2.45) is 0 Å². The number of nitrogens with zero attached hydrogens (tertiary/aromatic N) is 2. The highest BCUT2D eigenvalue weighted by Gasteiger charge is 2.20. The molecule has 1 aliphatic heterocycles. The van der Waals surface area contributed by atoms with Gasteiger partial charge in [-0.15, -0.1) is 0 Å². The second-order valence-electron chi connectivity index (χ2n) is 5.53. The van der Waals surface area contributed by atoms with E-state index in [0.29, 0.717) is 22.5 Å². The SMILES string of the molecule is O=c1c2cc(Cl)ccc2nc2n1CC/C2=C\c1cccc(Br)c1. The third-order valence-corrected chi connectivity index (χ3v) is 4.73. The molecule has 23 heavy (non-hydrogen) atoms. The van der Waals surface area contributed by atoms with Gasteiger partial charge in [0.1, 0.15) is 5.82 Å². The number of hydrogen-bond acceptors (Lipinski definition) is 2. The molecule has 0 atom stereocenters. The van der Waals surface area contributed by atoms with Gasteiger partial charge in [0.25, 0.3) is 5.56 Å². The molecule has 1 aromatic heterocycles. The molecule has 114 valence electrons. The van der Waals surface area contributed by atoms with Crippen LogP contribution in [0.1, 0.15) is 17.8 Å². The molecule has 5 heteroatoms. The summed E-state index contributed by atoms with van der Waals surface area (Å²) >= 11 is 9.48. The summed E-state index contributed by atoms with van der Waals surface area (Å²) in [6.45, 7) is 0.656. The van der Waals surface area contributed by atoms with Crippen LogP contribution in [0.25, 0.3) is 22.6 Å². The van der Waals surface area contributed by atoms with Crippen LogP contribution in [0.2, 0.25) is 5.02 Å². The molecule has 0 aliphatic carbocycles. The largest absolute Gasteiger partial charge is 0.292 e. The van der Waals surface area contributed by atoms with Crippen LogP contribution < -0.4 is 5.56 Å². The molecule has 0 N–H and O–H groups in total. The zero-order chi connectivity index (χ0) is 16.0. The van der Waals surface area contributed by atoms with Crippen molar-refractivity contribution < 1.29 is 0 Å². The summed E-state index contributed by atoms with van der Waals surface area (Å²) in [7, 11) is 0. The van der Waals surface area contributed by atoms with Crippen LogP contribution in [-0.2, 0) is 6.54 Å². The highest BCUT2D eigenvalue weighted by atomic mass is 79.9. The van der Waals surface area contributed by atoms with Crippen molar-refractivity contribution in [1.82, 2.24) is 9.55 Å². The Hall–Kier alpha value is -1.91. The van der Waals surface area contributed by atoms with Crippen LogP contribution in [0.3, 0.4) is 0 Å². The summed E-state index contributed by atoms with van der Waals surface area (Å²) in [6, 6.07) is 13.3. The minimum Gasteiger partial charge on any atom is -0.292 e. The predicted molar refractivity (Wildman–Crippen MR) is 97.6 cm³/mol. The van der Waals surface area contributed by atoms with Crippen molar-refractivity contribution in [3.8, 4) is 0 Å². The van der Waals surface area contributed by atoms with Gasteiger partial charge in [0.2, 0.25) is 0 Å². The molecule has 0 amide bonds. The van der Waals surface area contributed by atoms with Gasteiger partial charge in [0, 0.05) is 16.0 Å². The summed E-state index contributed by atoms with van der Waals surface area (Å²) in [5, 5.41) is 1.13. The maximum Gasteiger partial charge on any atom is 0.261 e. The molecule has 0 spiro atoms. The quantitative estimate of drug-likeness (QED) is 0.603. The van der Waals surface area contributed by atoms with Gasteiger partial charge in [-0.1, -0.05) is 39.7 Å². The van der Waals surface area contributed by atoms with E-state index < -0.39 is 0 Å². The van der Waals surface area contributed by atoms with Crippen molar-refractivity contribution in [3.63, 3.8) is 0 Å². The Kier molecular flexibility index (Phi) is 3.58. The van der Waals surface area contributed by atoms with Gasteiger partial charge < -0.3 is 0 Å². The molecule has 0 unspecified atom stereocenters. The second-order valence-corrected chi connectivity index (χ2v) is 6.88. The lowest BCUT2D eigenvalue weighted by atomic mass is 10.1. The van der Waals surface area contributed by atoms with Gasteiger partial charge in [-0.2, -0.15) is 0 Å². The fourth-order valence-corrected chi connectivity index (χ4v) is 3.51. The average molecular weight is 388 g/mol. The Morgan fingerprint density at radius 1 is 1.22 bits per heavy atom. The number of allylic oxidation sites excluding steroid dienone is 1. The minimum atomic E-state index is -0.0230. The van der Waals surface area contributed by atoms with E-state index >= 15 is 0 Å². The van der Waals surface area contributed by atoms with E-state index in [2.05, 4.69) is 33.1 Å². The molecule has 1 aliphatic rings. The maximum absolute atomic E-state index is 12.7. The van der Waals surface area contributed by atoms with Crippen LogP contribution in [0.5, 0.6) is 0 Å². The summed E-state index contributed by atoms with van der Waals surface area (Å²) in [4.78, 5) is 17.3. The zero-order valence-corrected chi connectivity index (χ0v) is 14.4. The van der Waals surface area contributed by atoms with Gasteiger partial charge in [-0.25, -0.2) is 4.98 Å². The van der Waals surface area contributed by atoms with E-state index in [1.165, 1.54) is 0 Å². The van der Waals surface area contributed by atoms with Crippen molar-refractivity contribution in [2.45, 2.75) is 13.0 Å². The molecular weight excluding hydrogens is 376 g/mol.